The van der Waals surface area contributed by atoms with Gasteiger partial charge in [0.25, 0.3) is 0 Å². The van der Waals surface area contributed by atoms with E-state index in [2.05, 4.69) is 11.8 Å². The van der Waals surface area contributed by atoms with E-state index in [0.717, 1.165) is 30.8 Å². The summed E-state index contributed by atoms with van der Waals surface area (Å²) >= 11 is 0. The van der Waals surface area contributed by atoms with Gasteiger partial charge < -0.3 is 15.4 Å². The molecule has 1 rings (SSSR count). The molecule has 19 heavy (non-hydrogen) atoms. The molecule has 0 aliphatic carbocycles. The summed E-state index contributed by atoms with van der Waals surface area (Å²) in [6, 6.07) is 7.38. The van der Waals surface area contributed by atoms with E-state index in [9.17, 15) is 4.79 Å². The summed E-state index contributed by atoms with van der Waals surface area (Å²) in [6.45, 7) is 7.17. The molecule has 0 saturated carbocycles. The monoisotopic (exact) mass is 264 g/mol. The Morgan fingerprint density at radius 3 is 2.37 bits per heavy atom. The summed E-state index contributed by atoms with van der Waals surface area (Å²) in [4.78, 5) is 14.1. The van der Waals surface area contributed by atoms with Crippen LogP contribution in [0.5, 0.6) is 0 Å². The number of rotatable bonds is 7. The minimum atomic E-state index is -0.233. The van der Waals surface area contributed by atoms with Gasteiger partial charge in [-0.25, -0.2) is 4.79 Å². The molecule has 0 heterocycles. The third-order valence-corrected chi connectivity index (χ3v) is 3.01. The number of benzene rings is 1. The Balaban J connectivity index is 2.96. The second-order valence-corrected chi connectivity index (χ2v) is 4.46. The zero-order valence-electron chi connectivity index (χ0n) is 12.1. The number of carbonyl (C=O) groups excluding carboxylic acids is 1. The first-order valence-electron chi connectivity index (χ1n) is 6.92. The average molecular weight is 264 g/mol. The Morgan fingerprint density at radius 1 is 1.26 bits per heavy atom. The van der Waals surface area contributed by atoms with Crippen molar-refractivity contribution in [2.24, 2.45) is 0 Å². The SMILES string of the molecule is CCCN(c1ccc(N)cc1)C(CC)C(=O)OCC. The van der Waals surface area contributed by atoms with Crippen LogP contribution in [-0.2, 0) is 9.53 Å². The van der Waals surface area contributed by atoms with Crippen LogP contribution in [0.1, 0.15) is 33.6 Å². The summed E-state index contributed by atoms with van der Waals surface area (Å²) in [5, 5.41) is 0. The Morgan fingerprint density at radius 2 is 1.89 bits per heavy atom. The van der Waals surface area contributed by atoms with Crippen molar-refractivity contribution >= 4 is 17.3 Å². The third kappa shape index (κ3) is 4.16. The van der Waals surface area contributed by atoms with Gasteiger partial charge in [0.15, 0.2) is 0 Å². The lowest BCUT2D eigenvalue weighted by atomic mass is 10.1. The highest BCUT2D eigenvalue weighted by molar-refractivity contribution is 5.80. The minimum Gasteiger partial charge on any atom is -0.464 e. The second kappa shape index (κ2) is 7.67. The van der Waals surface area contributed by atoms with Crippen LogP contribution < -0.4 is 10.6 Å². The van der Waals surface area contributed by atoms with Crippen LogP contribution >= 0.6 is 0 Å². The molecule has 0 aromatic heterocycles. The third-order valence-electron chi connectivity index (χ3n) is 3.01. The molecular weight excluding hydrogens is 240 g/mol. The topological polar surface area (TPSA) is 55.6 Å². The normalized spacial score (nSPS) is 11.9. The lowest BCUT2D eigenvalue weighted by Crippen LogP contribution is -2.42. The van der Waals surface area contributed by atoms with Crippen LogP contribution in [0.3, 0.4) is 0 Å². The summed E-state index contributed by atoms with van der Waals surface area (Å²) in [5.74, 6) is -0.157. The molecule has 1 aromatic carbocycles. The number of hydrogen-bond acceptors (Lipinski definition) is 4. The van der Waals surface area contributed by atoms with E-state index in [1.807, 2.05) is 38.1 Å². The number of carbonyl (C=O) groups is 1. The van der Waals surface area contributed by atoms with E-state index in [1.165, 1.54) is 0 Å². The van der Waals surface area contributed by atoms with Gasteiger partial charge in [0.1, 0.15) is 6.04 Å². The van der Waals surface area contributed by atoms with Crippen molar-refractivity contribution in [1.82, 2.24) is 0 Å². The van der Waals surface area contributed by atoms with E-state index in [1.54, 1.807) is 0 Å². The minimum absolute atomic E-state index is 0.157. The van der Waals surface area contributed by atoms with E-state index >= 15 is 0 Å². The maximum atomic E-state index is 12.0. The molecule has 4 nitrogen and oxygen atoms in total. The highest BCUT2D eigenvalue weighted by Gasteiger charge is 2.25. The summed E-state index contributed by atoms with van der Waals surface area (Å²) < 4.78 is 5.16. The van der Waals surface area contributed by atoms with E-state index in [4.69, 9.17) is 10.5 Å². The molecule has 0 aliphatic rings. The van der Waals surface area contributed by atoms with Crippen molar-refractivity contribution in [2.75, 3.05) is 23.8 Å². The van der Waals surface area contributed by atoms with Gasteiger partial charge in [-0.3, -0.25) is 0 Å². The molecule has 0 aliphatic heterocycles. The number of nitrogen functional groups attached to an aromatic ring is 1. The fourth-order valence-corrected chi connectivity index (χ4v) is 2.12. The summed E-state index contributed by atoms with van der Waals surface area (Å²) in [5.41, 5.74) is 7.44. The van der Waals surface area contributed by atoms with E-state index in [-0.39, 0.29) is 12.0 Å². The number of anilines is 2. The maximum Gasteiger partial charge on any atom is 0.328 e. The number of nitrogens with zero attached hydrogens (tertiary/aromatic N) is 1. The van der Waals surface area contributed by atoms with Crippen molar-refractivity contribution in [3.8, 4) is 0 Å². The predicted molar refractivity (Wildman–Crippen MR) is 79.2 cm³/mol. The van der Waals surface area contributed by atoms with Gasteiger partial charge >= 0.3 is 5.97 Å². The molecule has 0 amide bonds. The lowest BCUT2D eigenvalue weighted by Gasteiger charge is -2.31. The van der Waals surface area contributed by atoms with Crippen LogP contribution in [0, 0.1) is 0 Å². The summed E-state index contributed by atoms with van der Waals surface area (Å²) in [6.07, 6.45) is 1.70. The zero-order valence-corrected chi connectivity index (χ0v) is 12.1. The molecular formula is C15H24N2O2. The van der Waals surface area contributed by atoms with Gasteiger partial charge in [-0.1, -0.05) is 13.8 Å². The van der Waals surface area contributed by atoms with Crippen molar-refractivity contribution < 1.29 is 9.53 Å². The summed E-state index contributed by atoms with van der Waals surface area (Å²) in [7, 11) is 0. The molecule has 2 N–H and O–H groups in total. The lowest BCUT2D eigenvalue weighted by molar-refractivity contribution is -0.144. The molecule has 0 fully saturated rings. The number of nitrogens with two attached hydrogens (primary N) is 1. The van der Waals surface area contributed by atoms with Crippen LogP contribution in [0.25, 0.3) is 0 Å². The molecule has 0 radical (unpaired) electrons. The fraction of sp³-hybridized carbons (Fsp3) is 0.533. The van der Waals surface area contributed by atoms with Gasteiger partial charge in [0.2, 0.25) is 0 Å². The first-order valence-corrected chi connectivity index (χ1v) is 6.92. The van der Waals surface area contributed by atoms with E-state index < -0.39 is 0 Å². The van der Waals surface area contributed by atoms with Crippen LogP contribution in [-0.4, -0.2) is 25.2 Å². The Bertz CT molecular complexity index is 390. The molecule has 0 bridgehead atoms. The smallest absolute Gasteiger partial charge is 0.328 e. The van der Waals surface area contributed by atoms with Gasteiger partial charge in [-0.2, -0.15) is 0 Å². The average Bonchev–Trinajstić information content (AvgIpc) is 2.40. The predicted octanol–water partition coefficient (Wildman–Crippen LogP) is 2.83. The first-order chi connectivity index (χ1) is 9.13. The Hall–Kier alpha value is -1.71. The second-order valence-electron chi connectivity index (χ2n) is 4.46. The standard InChI is InChI=1S/C15H24N2O2/c1-4-11-17(13-9-7-12(16)8-10-13)14(5-2)15(18)19-6-3/h7-10,14H,4-6,11,16H2,1-3H3. The molecule has 0 spiro atoms. The number of hydrogen-bond donors (Lipinski definition) is 1. The molecule has 1 unspecified atom stereocenters. The Labute approximate surface area is 115 Å². The quantitative estimate of drug-likeness (QED) is 0.608. The highest BCUT2D eigenvalue weighted by Crippen LogP contribution is 2.21. The molecule has 1 aromatic rings. The van der Waals surface area contributed by atoms with Crippen molar-refractivity contribution in [1.29, 1.82) is 0 Å². The largest absolute Gasteiger partial charge is 0.464 e. The van der Waals surface area contributed by atoms with Crippen molar-refractivity contribution in [3.05, 3.63) is 24.3 Å². The maximum absolute atomic E-state index is 12.0. The Kier molecular flexibility index (Phi) is 6.19. The van der Waals surface area contributed by atoms with Crippen LogP contribution in [0.4, 0.5) is 11.4 Å². The molecule has 106 valence electrons. The zero-order chi connectivity index (χ0) is 14.3. The van der Waals surface area contributed by atoms with Gasteiger partial charge in [-0.05, 0) is 44.0 Å². The fourth-order valence-electron chi connectivity index (χ4n) is 2.12. The van der Waals surface area contributed by atoms with Gasteiger partial charge in [0, 0.05) is 17.9 Å². The molecule has 1 atom stereocenters. The van der Waals surface area contributed by atoms with Crippen molar-refractivity contribution in [2.45, 2.75) is 39.7 Å². The molecule has 4 heteroatoms. The van der Waals surface area contributed by atoms with Gasteiger partial charge in [-0.15, -0.1) is 0 Å². The first kappa shape index (κ1) is 15.3. The van der Waals surface area contributed by atoms with Crippen LogP contribution in [0.15, 0.2) is 24.3 Å². The highest BCUT2D eigenvalue weighted by atomic mass is 16.5. The van der Waals surface area contributed by atoms with Crippen LogP contribution in [0.2, 0.25) is 0 Å². The van der Waals surface area contributed by atoms with Gasteiger partial charge in [0.05, 0.1) is 6.61 Å². The van der Waals surface area contributed by atoms with Crippen molar-refractivity contribution in [3.63, 3.8) is 0 Å². The van der Waals surface area contributed by atoms with E-state index in [0.29, 0.717) is 6.61 Å². The molecule has 0 saturated heterocycles. The number of esters is 1. The number of ether oxygens (including phenoxy) is 1.